The number of ether oxygens (including phenoxy) is 1. The van der Waals surface area contributed by atoms with Gasteiger partial charge in [0.05, 0.1) is 0 Å². The Morgan fingerprint density at radius 1 is 1.15 bits per heavy atom. The number of alkyl halides is 3. The Morgan fingerprint density at radius 2 is 1.80 bits per heavy atom. The normalized spacial score (nSPS) is 22.6. The number of halogens is 3. The van der Waals surface area contributed by atoms with Gasteiger partial charge in [0.2, 0.25) is 0 Å². The first-order valence-corrected chi connectivity index (χ1v) is 6.65. The predicted molar refractivity (Wildman–Crippen MR) is 62.9 cm³/mol. The van der Waals surface area contributed by atoms with E-state index in [4.69, 9.17) is 0 Å². The van der Waals surface area contributed by atoms with E-state index in [0.29, 0.717) is 6.54 Å². The summed E-state index contributed by atoms with van der Waals surface area (Å²) >= 11 is 0. The third kappa shape index (κ3) is 3.41. The van der Waals surface area contributed by atoms with Crippen molar-refractivity contribution >= 4 is 12.1 Å². The molecule has 20 heavy (non-hydrogen) atoms. The van der Waals surface area contributed by atoms with Crippen molar-refractivity contribution in [2.24, 2.45) is 0 Å². The summed E-state index contributed by atoms with van der Waals surface area (Å²) in [6.07, 6.45) is -1.42. The predicted octanol–water partition coefficient (Wildman–Crippen LogP) is 1.82. The number of rotatable bonds is 0. The number of piperazine rings is 1. The second kappa shape index (κ2) is 5.59. The molecular weight excluding hydrogens is 277 g/mol. The summed E-state index contributed by atoms with van der Waals surface area (Å²) < 4.78 is 40.1. The van der Waals surface area contributed by atoms with Gasteiger partial charge in [-0.15, -0.1) is 0 Å². The van der Waals surface area contributed by atoms with Crippen LogP contribution in [0, 0.1) is 0 Å². The number of nitrogens with zero attached hydrogens (tertiary/aromatic N) is 1. The van der Waals surface area contributed by atoms with E-state index in [1.54, 1.807) is 0 Å². The van der Waals surface area contributed by atoms with Crippen molar-refractivity contribution in [3.8, 4) is 0 Å². The van der Waals surface area contributed by atoms with E-state index in [2.05, 4.69) is 10.1 Å². The molecule has 0 bridgehead atoms. The molecule has 1 aliphatic heterocycles. The number of carbonyl (C=O) groups is 2. The molecule has 2 rings (SSSR count). The van der Waals surface area contributed by atoms with Gasteiger partial charge in [-0.2, -0.15) is 13.2 Å². The molecule has 1 N–H and O–H groups in total. The van der Waals surface area contributed by atoms with E-state index < -0.39 is 18.2 Å². The monoisotopic (exact) mass is 294 g/mol. The smallest absolute Gasteiger partial charge is 0.369 e. The van der Waals surface area contributed by atoms with E-state index in [0.717, 1.165) is 32.1 Å². The summed E-state index contributed by atoms with van der Waals surface area (Å²) in [6, 6.07) is 0. The third-order valence-electron chi connectivity index (χ3n) is 3.86. The van der Waals surface area contributed by atoms with Gasteiger partial charge in [0.1, 0.15) is 0 Å². The highest BCUT2D eigenvalue weighted by atomic mass is 19.4. The van der Waals surface area contributed by atoms with Gasteiger partial charge < -0.3 is 15.0 Å². The van der Waals surface area contributed by atoms with Crippen molar-refractivity contribution in [2.45, 2.75) is 43.8 Å². The maximum atomic E-state index is 12.1. The molecule has 2 fully saturated rings. The Labute approximate surface area is 114 Å². The molecule has 0 unspecified atom stereocenters. The molecule has 1 aliphatic carbocycles. The van der Waals surface area contributed by atoms with Crippen LogP contribution in [0.25, 0.3) is 0 Å². The van der Waals surface area contributed by atoms with Crippen molar-refractivity contribution in [3.05, 3.63) is 0 Å². The second-order valence-corrected chi connectivity index (χ2v) is 5.34. The lowest BCUT2D eigenvalue weighted by Gasteiger charge is -2.45. The maximum absolute atomic E-state index is 12.1. The number of nitrogens with one attached hydrogen (secondary N) is 1. The van der Waals surface area contributed by atoms with Crippen molar-refractivity contribution in [1.29, 1.82) is 0 Å². The van der Waals surface area contributed by atoms with Crippen LogP contribution in [-0.2, 0) is 9.53 Å². The van der Waals surface area contributed by atoms with Gasteiger partial charge in [0, 0.05) is 25.2 Å². The largest absolute Gasteiger partial charge is 0.491 e. The number of carbonyl (C=O) groups excluding carboxylic acids is 2. The SMILES string of the molecule is O=C(OC(=O)C(F)(F)F)N1CCNC2(CCCCC2)C1. The number of hydrogen-bond donors (Lipinski definition) is 1. The fourth-order valence-corrected chi connectivity index (χ4v) is 2.88. The maximum Gasteiger partial charge on any atom is 0.491 e. The van der Waals surface area contributed by atoms with Gasteiger partial charge in [0.15, 0.2) is 0 Å². The van der Waals surface area contributed by atoms with E-state index >= 15 is 0 Å². The van der Waals surface area contributed by atoms with Crippen molar-refractivity contribution in [2.75, 3.05) is 19.6 Å². The molecule has 1 spiro atoms. The fraction of sp³-hybridized carbons (Fsp3) is 0.833. The minimum atomic E-state index is -5.15. The van der Waals surface area contributed by atoms with Crippen LogP contribution in [0.15, 0.2) is 0 Å². The molecule has 0 radical (unpaired) electrons. The minimum absolute atomic E-state index is 0.239. The molecule has 1 amide bonds. The zero-order valence-corrected chi connectivity index (χ0v) is 11.0. The summed E-state index contributed by atoms with van der Waals surface area (Å²) in [6.45, 7) is 1.03. The first-order valence-electron chi connectivity index (χ1n) is 6.65. The van der Waals surface area contributed by atoms with Crippen LogP contribution in [0.5, 0.6) is 0 Å². The van der Waals surface area contributed by atoms with Gasteiger partial charge >= 0.3 is 18.2 Å². The summed E-state index contributed by atoms with van der Waals surface area (Å²) in [4.78, 5) is 23.5. The Bertz CT molecular complexity index is 386. The molecular formula is C12H17F3N2O3. The zero-order chi connectivity index (χ0) is 14.8. The van der Waals surface area contributed by atoms with Gasteiger partial charge in [-0.3, -0.25) is 0 Å². The highest BCUT2D eigenvalue weighted by Gasteiger charge is 2.44. The van der Waals surface area contributed by atoms with Crippen LogP contribution in [0.2, 0.25) is 0 Å². The average molecular weight is 294 g/mol. The molecule has 0 aromatic carbocycles. The Hall–Kier alpha value is -1.31. The topological polar surface area (TPSA) is 58.6 Å². The summed E-state index contributed by atoms with van der Waals surface area (Å²) in [5, 5.41) is 3.35. The second-order valence-electron chi connectivity index (χ2n) is 5.34. The molecule has 1 saturated carbocycles. The van der Waals surface area contributed by atoms with Crippen molar-refractivity contribution in [3.63, 3.8) is 0 Å². The summed E-state index contributed by atoms with van der Waals surface area (Å²) in [5.41, 5.74) is -0.239. The number of hydrogen-bond acceptors (Lipinski definition) is 4. The summed E-state index contributed by atoms with van der Waals surface area (Å²) in [7, 11) is 0. The fourth-order valence-electron chi connectivity index (χ4n) is 2.88. The lowest BCUT2D eigenvalue weighted by molar-refractivity contribution is -0.194. The van der Waals surface area contributed by atoms with Gasteiger partial charge in [0.25, 0.3) is 0 Å². The number of esters is 1. The third-order valence-corrected chi connectivity index (χ3v) is 3.86. The van der Waals surface area contributed by atoms with Crippen LogP contribution in [0.4, 0.5) is 18.0 Å². The van der Waals surface area contributed by atoms with E-state index in [1.807, 2.05) is 0 Å². The van der Waals surface area contributed by atoms with E-state index in [1.165, 1.54) is 4.90 Å². The van der Waals surface area contributed by atoms with E-state index in [9.17, 15) is 22.8 Å². The highest BCUT2D eigenvalue weighted by molar-refractivity contribution is 5.87. The van der Waals surface area contributed by atoms with Crippen molar-refractivity contribution < 1.29 is 27.5 Å². The Balaban J connectivity index is 1.95. The zero-order valence-electron chi connectivity index (χ0n) is 11.0. The molecule has 0 atom stereocenters. The molecule has 1 saturated heterocycles. The summed E-state index contributed by atoms with van der Waals surface area (Å²) in [5.74, 6) is -2.46. The van der Waals surface area contributed by atoms with Crippen LogP contribution in [-0.4, -0.2) is 48.3 Å². The lowest BCUT2D eigenvalue weighted by Crippen LogP contribution is -2.62. The molecule has 8 heteroatoms. The minimum Gasteiger partial charge on any atom is -0.369 e. The van der Waals surface area contributed by atoms with Gasteiger partial charge in [-0.25, -0.2) is 9.59 Å². The standard InChI is InChI=1S/C12H17F3N2O3/c13-12(14,15)9(18)20-10(19)17-7-6-16-11(8-17)4-2-1-3-5-11/h16H,1-8H2. The molecule has 0 aromatic rings. The quantitative estimate of drug-likeness (QED) is 0.547. The first-order chi connectivity index (χ1) is 9.32. The Kier molecular flexibility index (Phi) is 4.22. The molecule has 5 nitrogen and oxygen atoms in total. The molecule has 0 aromatic heterocycles. The lowest BCUT2D eigenvalue weighted by atomic mass is 9.80. The van der Waals surface area contributed by atoms with Crippen molar-refractivity contribution in [1.82, 2.24) is 10.2 Å². The highest BCUT2D eigenvalue weighted by Crippen LogP contribution is 2.30. The molecule has 114 valence electrons. The Morgan fingerprint density at radius 3 is 2.40 bits per heavy atom. The first kappa shape index (κ1) is 15.1. The van der Waals surface area contributed by atoms with E-state index in [-0.39, 0.29) is 18.6 Å². The van der Waals surface area contributed by atoms with Crippen LogP contribution in [0.1, 0.15) is 32.1 Å². The molecule has 1 heterocycles. The van der Waals surface area contributed by atoms with Crippen LogP contribution >= 0.6 is 0 Å². The van der Waals surface area contributed by atoms with Gasteiger partial charge in [-0.1, -0.05) is 19.3 Å². The average Bonchev–Trinajstić information content (AvgIpc) is 2.38. The van der Waals surface area contributed by atoms with Crippen LogP contribution in [0.3, 0.4) is 0 Å². The van der Waals surface area contributed by atoms with Crippen LogP contribution < -0.4 is 5.32 Å². The molecule has 2 aliphatic rings. The van der Waals surface area contributed by atoms with Gasteiger partial charge in [-0.05, 0) is 12.8 Å². The number of amides is 1.